The van der Waals surface area contributed by atoms with E-state index in [1.807, 2.05) is 12.1 Å². The van der Waals surface area contributed by atoms with E-state index < -0.39 is 0 Å². The third-order valence-electron chi connectivity index (χ3n) is 3.69. The van der Waals surface area contributed by atoms with Crippen molar-refractivity contribution in [1.29, 1.82) is 0 Å². The van der Waals surface area contributed by atoms with E-state index in [-0.39, 0.29) is 0 Å². The van der Waals surface area contributed by atoms with Gasteiger partial charge in [0.05, 0.1) is 6.20 Å². The van der Waals surface area contributed by atoms with Gasteiger partial charge in [-0.2, -0.15) is 10.1 Å². The van der Waals surface area contributed by atoms with E-state index in [0.29, 0.717) is 18.3 Å². The molecule has 1 aromatic carbocycles. The molecule has 3 rings (SSSR count). The van der Waals surface area contributed by atoms with Gasteiger partial charge in [0, 0.05) is 24.6 Å². The smallest absolute Gasteiger partial charge is 0.244 e. The molecule has 2 aromatic heterocycles. The first-order chi connectivity index (χ1) is 11.6. The number of rotatable bonds is 5. The Kier molecular flexibility index (Phi) is 4.65. The lowest BCUT2D eigenvalue weighted by Gasteiger charge is -2.13. The highest BCUT2D eigenvalue weighted by molar-refractivity contribution is 5.65. The first-order valence-corrected chi connectivity index (χ1v) is 7.79. The fourth-order valence-corrected chi connectivity index (χ4v) is 2.63. The quantitative estimate of drug-likeness (QED) is 0.749. The van der Waals surface area contributed by atoms with Gasteiger partial charge in [0.2, 0.25) is 5.95 Å². The van der Waals surface area contributed by atoms with Crippen LogP contribution in [0.15, 0.2) is 42.9 Å². The molecule has 0 amide bonds. The molecule has 2 heterocycles. The molecule has 0 saturated heterocycles. The number of hydrogen-bond donors (Lipinski definition) is 2. The molecule has 0 spiro atoms. The van der Waals surface area contributed by atoms with E-state index in [4.69, 9.17) is 0 Å². The van der Waals surface area contributed by atoms with Gasteiger partial charge in [-0.3, -0.25) is 4.98 Å². The van der Waals surface area contributed by atoms with Crippen molar-refractivity contribution >= 4 is 17.5 Å². The molecular weight excluding hydrogens is 300 g/mol. The lowest BCUT2D eigenvalue weighted by molar-refractivity contribution is 0.947. The maximum absolute atomic E-state index is 4.48. The van der Waals surface area contributed by atoms with Crippen LogP contribution >= 0.6 is 0 Å². The number of hydrogen-bond acceptors (Lipinski definition) is 6. The molecule has 0 aliphatic heterocycles. The highest BCUT2D eigenvalue weighted by Gasteiger charge is 2.06. The summed E-state index contributed by atoms with van der Waals surface area (Å²) in [5.74, 6) is 1.15. The van der Waals surface area contributed by atoms with E-state index in [1.165, 1.54) is 16.7 Å². The summed E-state index contributed by atoms with van der Waals surface area (Å²) >= 11 is 0. The van der Waals surface area contributed by atoms with Crippen molar-refractivity contribution in [2.75, 3.05) is 10.6 Å². The first kappa shape index (κ1) is 15.9. The molecule has 0 unspecified atom stereocenters. The zero-order valence-electron chi connectivity index (χ0n) is 14.0. The van der Waals surface area contributed by atoms with Crippen molar-refractivity contribution in [3.63, 3.8) is 0 Å². The van der Waals surface area contributed by atoms with Gasteiger partial charge in [0.25, 0.3) is 0 Å². The largest absolute Gasteiger partial charge is 0.349 e. The fourth-order valence-electron chi connectivity index (χ4n) is 2.63. The van der Waals surface area contributed by atoms with Crippen LogP contribution < -0.4 is 10.6 Å². The van der Waals surface area contributed by atoms with E-state index >= 15 is 0 Å². The average Bonchev–Trinajstić information content (AvgIpc) is 2.58. The van der Waals surface area contributed by atoms with E-state index in [0.717, 1.165) is 11.3 Å². The minimum absolute atomic E-state index is 0.485. The van der Waals surface area contributed by atoms with Crippen molar-refractivity contribution in [3.05, 3.63) is 65.1 Å². The van der Waals surface area contributed by atoms with Gasteiger partial charge in [-0.25, -0.2) is 0 Å². The average molecular weight is 320 g/mol. The lowest BCUT2D eigenvalue weighted by atomic mass is 10.1. The van der Waals surface area contributed by atoms with Gasteiger partial charge in [-0.05, 0) is 49.6 Å². The summed E-state index contributed by atoms with van der Waals surface area (Å²) in [5.41, 5.74) is 5.77. The minimum Gasteiger partial charge on any atom is -0.349 e. The highest BCUT2D eigenvalue weighted by Crippen LogP contribution is 2.25. The van der Waals surface area contributed by atoms with Gasteiger partial charge in [-0.15, -0.1) is 5.10 Å². The maximum atomic E-state index is 4.48. The van der Waals surface area contributed by atoms with Crippen LogP contribution in [0.25, 0.3) is 0 Å². The van der Waals surface area contributed by atoms with Gasteiger partial charge in [-0.1, -0.05) is 17.7 Å². The predicted molar refractivity (Wildman–Crippen MR) is 95.3 cm³/mol. The van der Waals surface area contributed by atoms with Crippen molar-refractivity contribution in [3.8, 4) is 0 Å². The summed E-state index contributed by atoms with van der Waals surface area (Å²) < 4.78 is 0. The Morgan fingerprint density at radius 2 is 1.71 bits per heavy atom. The Morgan fingerprint density at radius 1 is 1.00 bits per heavy atom. The molecule has 0 saturated carbocycles. The second-order valence-corrected chi connectivity index (χ2v) is 5.77. The van der Waals surface area contributed by atoms with Gasteiger partial charge >= 0.3 is 0 Å². The molecule has 122 valence electrons. The summed E-state index contributed by atoms with van der Waals surface area (Å²) in [6.45, 7) is 6.88. The number of benzene rings is 1. The van der Waals surface area contributed by atoms with Crippen LogP contribution in [0.3, 0.4) is 0 Å². The van der Waals surface area contributed by atoms with Crippen LogP contribution in [0.2, 0.25) is 0 Å². The van der Waals surface area contributed by atoms with Crippen molar-refractivity contribution in [2.24, 2.45) is 0 Å². The number of pyridine rings is 1. The number of anilines is 3. The second-order valence-electron chi connectivity index (χ2n) is 5.77. The van der Waals surface area contributed by atoms with Crippen LogP contribution in [0.4, 0.5) is 17.5 Å². The molecule has 0 aliphatic rings. The van der Waals surface area contributed by atoms with Crippen molar-refractivity contribution < 1.29 is 0 Å². The van der Waals surface area contributed by atoms with E-state index in [9.17, 15) is 0 Å². The summed E-state index contributed by atoms with van der Waals surface area (Å²) in [4.78, 5) is 8.48. The van der Waals surface area contributed by atoms with Crippen molar-refractivity contribution in [1.82, 2.24) is 20.2 Å². The number of nitrogens with one attached hydrogen (secondary N) is 2. The normalized spacial score (nSPS) is 10.5. The van der Waals surface area contributed by atoms with Gasteiger partial charge in [0.15, 0.2) is 5.82 Å². The molecule has 24 heavy (non-hydrogen) atoms. The molecule has 0 atom stereocenters. The summed E-state index contributed by atoms with van der Waals surface area (Å²) in [7, 11) is 0. The van der Waals surface area contributed by atoms with Crippen LogP contribution in [-0.2, 0) is 6.54 Å². The number of aromatic nitrogens is 4. The monoisotopic (exact) mass is 320 g/mol. The standard InChI is InChI=1S/C18H20N6/c1-12-8-13(2)17(14(3)9-12)22-16-11-21-24-18(23-16)20-10-15-4-6-19-7-5-15/h4-9,11H,10H2,1-3H3,(H2,20,22,23,24). The van der Waals surface area contributed by atoms with Crippen LogP contribution in [0.1, 0.15) is 22.3 Å². The Labute approximate surface area is 141 Å². The lowest BCUT2D eigenvalue weighted by Crippen LogP contribution is -2.07. The Bertz CT molecular complexity index is 809. The predicted octanol–water partition coefficient (Wildman–Crippen LogP) is 3.55. The molecule has 0 fully saturated rings. The molecule has 6 nitrogen and oxygen atoms in total. The summed E-state index contributed by atoms with van der Waals surface area (Å²) in [6.07, 6.45) is 5.14. The van der Waals surface area contributed by atoms with Crippen LogP contribution in [0.5, 0.6) is 0 Å². The highest BCUT2D eigenvalue weighted by atomic mass is 15.3. The van der Waals surface area contributed by atoms with Crippen molar-refractivity contribution in [2.45, 2.75) is 27.3 Å². The molecule has 0 aliphatic carbocycles. The number of nitrogens with zero attached hydrogens (tertiary/aromatic N) is 4. The van der Waals surface area contributed by atoms with Gasteiger partial charge in [0.1, 0.15) is 0 Å². The topological polar surface area (TPSA) is 75.6 Å². The molecule has 0 bridgehead atoms. The molecule has 6 heteroatoms. The van der Waals surface area contributed by atoms with Crippen LogP contribution in [-0.4, -0.2) is 20.2 Å². The molecule has 3 aromatic rings. The Morgan fingerprint density at radius 3 is 2.42 bits per heavy atom. The Hall–Kier alpha value is -3.02. The third kappa shape index (κ3) is 3.84. The fraction of sp³-hybridized carbons (Fsp3) is 0.222. The van der Waals surface area contributed by atoms with E-state index in [1.54, 1.807) is 18.6 Å². The molecule has 2 N–H and O–H groups in total. The zero-order valence-corrected chi connectivity index (χ0v) is 14.0. The number of aryl methyl sites for hydroxylation is 3. The van der Waals surface area contributed by atoms with Crippen LogP contribution in [0, 0.1) is 20.8 Å². The van der Waals surface area contributed by atoms with E-state index in [2.05, 4.69) is 63.7 Å². The molecular formula is C18H20N6. The summed E-state index contributed by atoms with van der Waals surface area (Å²) in [6, 6.07) is 8.18. The SMILES string of the molecule is Cc1cc(C)c(Nc2cnnc(NCc3ccncc3)n2)c(C)c1. The first-order valence-electron chi connectivity index (χ1n) is 7.79. The van der Waals surface area contributed by atoms with Gasteiger partial charge < -0.3 is 10.6 Å². The second kappa shape index (κ2) is 7.04. The zero-order chi connectivity index (χ0) is 16.9. The molecule has 0 radical (unpaired) electrons. The summed E-state index contributed by atoms with van der Waals surface area (Å²) in [5, 5.41) is 14.6. The third-order valence-corrected chi connectivity index (χ3v) is 3.69. The minimum atomic E-state index is 0.485. The maximum Gasteiger partial charge on any atom is 0.244 e. The Balaban J connectivity index is 1.74.